The van der Waals surface area contributed by atoms with Crippen LogP contribution in [0.25, 0.3) is 0 Å². The van der Waals surface area contributed by atoms with Crippen LogP contribution in [-0.2, 0) is 23.4 Å². The van der Waals surface area contributed by atoms with Crippen molar-refractivity contribution in [3.63, 3.8) is 0 Å². The molecule has 0 atom stereocenters. The summed E-state index contributed by atoms with van der Waals surface area (Å²) in [6.07, 6.45) is 3.88. The Hall–Kier alpha value is 0.254. The number of unbranched alkanes of at least 4 members (excludes halogenated alkanes) is 1. The van der Waals surface area contributed by atoms with E-state index in [0.717, 1.165) is 25.7 Å². The number of hydrogen-bond donors (Lipinski definition) is 0. The van der Waals surface area contributed by atoms with Crippen molar-refractivity contribution in [1.82, 2.24) is 0 Å². The second-order valence-electron chi connectivity index (χ2n) is 3.76. The van der Waals surface area contributed by atoms with E-state index in [-0.39, 0.29) is 24.0 Å². The van der Waals surface area contributed by atoms with Crippen molar-refractivity contribution in [3.05, 3.63) is 0 Å². The van der Waals surface area contributed by atoms with E-state index in [2.05, 4.69) is 13.8 Å². The molecule has 0 aliphatic rings. The summed E-state index contributed by atoms with van der Waals surface area (Å²) in [6.45, 7) is 8.26. The number of rotatable bonds is 5. The van der Waals surface area contributed by atoms with Crippen LogP contribution < -0.4 is 0 Å². The maximum atomic E-state index is 11.5. The minimum atomic E-state index is -0.0881. The van der Waals surface area contributed by atoms with Gasteiger partial charge in [0, 0.05) is 30.4 Å². The zero-order chi connectivity index (χ0) is 8.91. The van der Waals surface area contributed by atoms with Gasteiger partial charge in [0.15, 0.2) is 0 Å². The summed E-state index contributed by atoms with van der Waals surface area (Å²) in [4.78, 5) is 11.5. The summed E-state index contributed by atoms with van der Waals surface area (Å²) in [7, 11) is 0. The molecule has 1 nitrogen and oxygen atoms in total. The van der Waals surface area contributed by atoms with E-state index in [0.29, 0.717) is 5.78 Å². The molecule has 0 rings (SSSR count). The van der Waals surface area contributed by atoms with E-state index in [4.69, 9.17) is 0 Å². The van der Waals surface area contributed by atoms with Crippen molar-refractivity contribution < 1.29 is 23.4 Å². The molecule has 1 radical (unpaired) electrons. The van der Waals surface area contributed by atoms with Gasteiger partial charge in [0.2, 0.25) is 0 Å². The second-order valence-corrected chi connectivity index (χ2v) is 3.76. The Morgan fingerprint density at radius 3 is 2.08 bits per heavy atom. The van der Waals surface area contributed by atoms with Crippen molar-refractivity contribution >= 4 is 5.78 Å². The van der Waals surface area contributed by atoms with Gasteiger partial charge in [-0.05, 0) is 12.8 Å². The zero-order valence-electron chi connectivity index (χ0n) is 8.68. The Bertz CT molecular complexity index is 130. The Morgan fingerprint density at radius 1 is 1.25 bits per heavy atom. The normalized spacial score (nSPS) is 10.7. The van der Waals surface area contributed by atoms with Crippen LogP contribution in [0.4, 0.5) is 0 Å². The fraction of sp³-hybridized carbons (Fsp3) is 0.900. The molecule has 0 bridgehead atoms. The molecule has 0 N–H and O–H groups in total. The van der Waals surface area contributed by atoms with Crippen LogP contribution in [0.1, 0.15) is 53.4 Å². The average molecular weight is 207 g/mol. The molecule has 0 spiro atoms. The third kappa shape index (κ3) is 5.00. The molecule has 0 saturated carbocycles. The number of carbonyl (C=O) groups is 1. The van der Waals surface area contributed by atoms with Crippen LogP contribution in [0.3, 0.4) is 0 Å². The summed E-state index contributed by atoms with van der Waals surface area (Å²) in [5, 5.41) is 0. The SMILES string of the molecule is CCCCC(=O)C(C)(C)CC.[V]. The summed E-state index contributed by atoms with van der Waals surface area (Å²) >= 11 is 0. The molecule has 0 amide bonds. The molecule has 0 unspecified atom stereocenters. The Labute approximate surface area is 88.2 Å². The molecule has 0 fully saturated rings. The van der Waals surface area contributed by atoms with Crippen LogP contribution in [0.15, 0.2) is 0 Å². The zero-order valence-corrected chi connectivity index (χ0v) is 10.1. The number of Topliss-reactive ketones (excluding diaryl/α,β-unsaturated/α-hetero) is 1. The summed E-state index contributed by atoms with van der Waals surface area (Å²) in [5.74, 6) is 0.418. The summed E-state index contributed by atoms with van der Waals surface area (Å²) in [6, 6.07) is 0. The Kier molecular flexibility index (Phi) is 8.29. The molecule has 0 saturated heterocycles. The van der Waals surface area contributed by atoms with Crippen molar-refractivity contribution in [2.45, 2.75) is 53.4 Å². The van der Waals surface area contributed by atoms with E-state index in [9.17, 15) is 4.79 Å². The molecule has 2 heteroatoms. The smallest absolute Gasteiger partial charge is 0.138 e. The van der Waals surface area contributed by atoms with Crippen molar-refractivity contribution in [2.24, 2.45) is 5.41 Å². The molecule has 0 aromatic carbocycles. The van der Waals surface area contributed by atoms with E-state index < -0.39 is 0 Å². The van der Waals surface area contributed by atoms with Crippen LogP contribution in [0.2, 0.25) is 0 Å². The monoisotopic (exact) mass is 207 g/mol. The second kappa shape index (κ2) is 6.74. The first kappa shape index (κ1) is 14.8. The van der Waals surface area contributed by atoms with Gasteiger partial charge in [-0.2, -0.15) is 0 Å². The van der Waals surface area contributed by atoms with Gasteiger partial charge >= 0.3 is 0 Å². The first-order valence-corrected chi connectivity index (χ1v) is 4.58. The van der Waals surface area contributed by atoms with Gasteiger partial charge in [-0.25, -0.2) is 0 Å². The molecule has 0 aromatic rings. The first-order chi connectivity index (χ1) is 5.04. The van der Waals surface area contributed by atoms with Gasteiger partial charge in [0.1, 0.15) is 5.78 Å². The first-order valence-electron chi connectivity index (χ1n) is 4.58. The molecular weight excluding hydrogens is 187 g/mol. The number of hydrogen-bond acceptors (Lipinski definition) is 1. The quantitative estimate of drug-likeness (QED) is 0.676. The van der Waals surface area contributed by atoms with Gasteiger partial charge in [0.25, 0.3) is 0 Å². The van der Waals surface area contributed by atoms with Gasteiger partial charge in [-0.1, -0.05) is 34.1 Å². The third-order valence-electron chi connectivity index (χ3n) is 2.40. The fourth-order valence-corrected chi connectivity index (χ4v) is 0.873. The van der Waals surface area contributed by atoms with Gasteiger partial charge in [-0.15, -0.1) is 0 Å². The maximum Gasteiger partial charge on any atom is 0.138 e. The molecular formula is C10H20OV. The van der Waals surface area contributed by atoms with E-state index in [1.54, 1.807) is 0 Å². The standard InChI is InChI=1S/C10H20O.V/c1-5-7-8-9(11)10(3,4)6-2;/h5-8H2,1-4H3;. The third-order valence-corrected chi connectivity index (χ3v) is 2.40. The van der Waals surface area contributed by atoms with Crippen molar-refractivity contribution in [1.29, 1.82) is 0 Å². The summed E-state index contributed by atoms with van der Waals surface area (Å²) in [5.41, 5.74) is -0.0881. The molecule has 0 aliphatic carbocycles. The predicted molar refractivity (Wildman–Crippen MR) is 48.6 cm³/mol. The van der Waals surface area contributed by atoms with Crippen LogP contribution >= 0.6 is 0 Å². The van der Waals surface area contributed by atoms with E-state index >= 15 is 0 Å². The van der Waals surface area contributed by atoms with Crippen LogP contribution in [-0.4, -0.2) is 5.78 Å². The van der Waals surface area contributed by atoms with Gasteiger partial charge in [0.05, 0.1) is 0 Å². The Morgan fingerprint density at radius 2 is 1.75 bits per heavy atom. The fourth-order valence-electron chi connectivity index (χ4n) is 0.873. The molecule has 0 aromatic heterocycles. The van der Waals surface area contributed by atoms with Gasteiger partial charge < -0.3 is 0 Å². The largest absolute Gasteiger partial charge is 0.299 e. The van der Waals surface area contributed by atoms with E-state index in [1.807, 2.05) is 13.8 Å². The Balaban J connectivity index is 0. The minimum absolute atomic E-state index is 0. The topological polar surface area (TPSA) is 17.1 Å². The van der Waals surface area contributed by atoms with Crippen LogP contribution in [0.5, 0.6) is 0 Å². The minimum Gasteiger partial charge on any atom is -0.299 e. The van der Waals surface area contributed by atoms with Crippen molar-refractivity contribution in [2.75, 3.05) is 0 Å². The maximum absolute atomic E-state index is 11.5. The van der Waals surface area contributed by atoms with Crippen molar-refractivity contribution in [3.8, 4) is 0 Å². The number of ketones is 1. The summed E-state index contributed by atoms with van der Waals surface area (Å²) < 4.78 is 0. The molecule has 12 heavy (non-hydrogen) atoms. The van der Waals surface area contributed by atoms with E-state index in [1.165, 1.54) is 0 Å². The molecule has 71 valence electrons. The average Bonchev–Trinajstić information content (AvgIpc) is 2.00. The number of carbonyl (C=O) groups excluding carboxylic acids is 1. The predicted octanol–water partition coefficient (Wildman–Crippen LogP) is 3.18. The molecule has 0 aliphatic heterocycles. The van der Waals surface area contributed by atoms with Gasteiger partial charge in [-0.3, -0.25) is 4.79 Å². The van der Waals surface area contributed by atoms with Crippen LogP contribution in [0, 0.1) is 5.41 Å². The molecule has 0 heterocycles.